The molecule has 2 N–H and O–H groups in total. The molecule has 0 aliphatic rings. The van der Waals surface area contributed by atoms with E-state index in [1.807, 2.05) is 12.1 Å². The largest absolute Gasteiger partial charge is 0.455 e. The van der Waals surface area contributed by atoms with Gasteiger partial charge in [-0.3, -0.25) is 4.68 Å². The normalized spacial score (nSPS) is 10.6. The summed E-state index contributed by atoms with van der Waals surface area (Å²) >= 11 is 4.88. The fourth-order valence-corrected chi connectivity index (χ4v) is 2.95. The molecule has 0 spiro atoms. The first kappa shape index (κ1) is 13.1. The highest BCUT2D eigenvalue weighted by Crippen LogP contribution is 2.23. The molecule has 0 amide bonds. The second-order valence-electron chi connectivity index (χ2n) is 3.75. The predicted octanol–water partition coefficient (Wildman–Crippen LogP) is 2.49. The van der Waals surface area contributed by atoms with Gasteiger partial charge in [-0.1, -0.05) is 0 Å². The van der Waals surface area contributed by atoms with Gasteiger partial charge in [-0.15, -0.1) is 11.3 Å². The molecule has 18 heavy (non-hydrogen) atoms. The molecule has 0 aliphatic carbocycles. The summed E-state index contributed by atoms with van der Waals surface area (Å²) in [5.41, 5.74) is 7.08. The first-order valence-corrected chi connectivity index (χ1v) is 6.80. The maximum absolute atomic E-state index is 11.9. The molecule has 5 nitrogen and oxygen atoms in total. The van der Waals surface area contributed by atoms with E-state index in [0.29, 0.717) is 17.1 Å². The zero-order valence-corrected chi connectivity index (χ0v) is 12.3. The first-order valence-electron chi connectivity index (χ1n) is 5.19. The van der Waals surface area contributed by atoms with E-state index in [4.69, 9.17) is 10.5 Å². The molecule has 7 heteroatoms. The van der Waals surface area contributed by atoms with Crippen molar-refractivity contribution in [3.8, 4) is 0 Å². The Labute approximate surface area is 117 Å². The Kier molecular flexibility index (Phi) is 3.72. The topological polar surface area (TPSA) is 70.1 Å². The van der Waals surface area contributed by atoms with Crippen LogP contribution in [0, 0.1) is 6.92 Å². The molecule has 0 atom stereocenters. The monoisotopic (exact) mass is 329 g/mol. The lowest BCUT2D eigenvalue weighted by molar-refractivity contribution is 0.0465. The molecule has 2 aromatic heterocycles. The van der Waals surface area contributed by atoms with E-state index in [1.54, 1.807) is 14.0 Å². The highest BCUT2D eigenvalue weighted by Gasteiger charge is 2.19. The van der Waals surface area contributed by atoms with Gasteiger partial charge in [0.15, 0.2) is 5.69 Å². The van der Waals surface area contributed by atoms with Crippen molar-refractivity contribution < 1.29 is 9.53 Å². The Morgan fingerprint density at radius 1 is 1.61 bits per heavy atom. The van der Waals surface area contributed by atoms with Crippen LogP contribution in [0.5, 0.6) is 0 Å². The van der Waals surface area contributed by atoms with Crippen molar-refractivity contribution in [2.24, 2.45) is 7.05 Å². The summed E-state index contributed by atoms with van der Waals surface area (Å²) in [4.78, 5) is 12.9. The van der Waals surface area contributed by atoms with Gasteiger partial charge in [0.25, 0.3) is 0 Å². The summed E-state index contributed by atoms with van der Waals surface area (Å²) in [5.74, 6) is -0.458. The average molecular weight is 330 g/mol. The number of carbonyl (C=O) groups excluding carboxylic acids is 1. The zero-order chi connectivity index (χ0) is 13.3. The van der Waals surface area contributed by atoms with Crippen LogP contribution in [0.4, 0.5) is 5.69 Å². The van der Waals surface area contributed by atoms with Gasteiger partial charge in [0.1, 0.15) is 6.61 Å². The number of nitrogens with two attached hydrogens (primary N) is 1. The number of hydrogen-bond acceptors (Lipinski definition) is 5. The molecule has 0 unspecified atom stereocenters. The molecule has 2 rings (SSSR count). The van der Waals surface area contributed by atoms with E-state index in [-0.39, 0.29) is 6.61 Å². The van der Waals surface area contributed by atoms with Gasteiger partial charge >= 0.3 is 5.97 Å². The first-order chi connectivity index (χ1) is 8.49. The van der Waals surface area contributed by atoms with E-state index >= 15 is 0 Å². The quantitative estimate of drug-likeness (QED) is 0.878. The number of carbonyl (C=O) groups is 1. The fraction of sp³-hybridized carbons (Fsp3) is 0.273. The second kappa shape index (κ2) is 5.11. The van der Waals surface area contributed by atoms with Crippen LogP contribution in [0.3, 0.4) is 0 Å². The molecule has 0 saturated heterocycles. The van der Waals surface area contributed by atoms with Crippen LogP contribution < -0.4 is 5.73 Å². The number of nitrogen functional groups attached to an aromatic ring is 1. The third-order valence-corrected chi connectivity index (χ3v) is 4.03. The number of esters is 1. The Balaban J connectivity index is 2.08. The maximum atomic E-state index is 11.9. The predicted molar refractivity (Wildman–Crippen MR) is 73.5 cm³/mol. The van der Waals surface area contributed by atoms with E-state index in [1.165, 1.54) is 16.0 Å². The minimum Gasteiger partial charge on any atom is -0.455 e. The van der Waals surface area contributed by atoms with E-state index in [0.717, 1.165) is 8.66 Å². The van der Waals surface area contributed by atoms with Gasteiger partial charge in [-0.2, -0.15) is 5.10 Å². The van der Waals surface area contributed by atoms with E-state index in [9.17, 15) is 4.79 Å². The summed E-state index contributed by atoms with van der Waals surface area (Å²) in [6.45, 7) is 1.99. The number of ether oxygens (including phenoxy) is 1. The Hall–Kier alpha value is -1.34. The molecule has 0 aliphatic heterocycles. The van der Waals surface area contributed by atoms with Gasteiger partial charge in [0.05, 0.1) is 15.2 Å². The van der Waals surface area contributed by atoms with Crippen LogP contribution in [0.25, 0.3) is 0 Å². The number of anilines is 1. The minimum atomic E-state index is -0.458. The number of hydrogen-bond donors (Lipinski definition) is 1. The third kappa shape index (κ3) is 2.56. The van der Waals surface area contributed by atoms with Crippen molar-refractivity contribution in [3.63, 3.8) is 0 Å². The molecular formula is C11H12BrN3O2S. The number of aromatic nitrogens is 2. The van der Waals surface area contributed by atoms with Crippen LogP contribution in [0.2, 0.25) is 0 Å². The SMILES string of the molecule is Cc1nn(C)c(C(=O)OCc2ccc(Br)s2)c1N. The standard InChI is InChI=1S/C11H12BrN3O2S/c1-6-9(13)10(15(2)14-6)11(16)17-5-7-3-4-8(12)18-7/h3-4H,5,13H2,1-2H3. The van der Waals surface area contributed by atoms with Crippen molar-refractivity contribution in [2.45, 2.75) is 13.5 Å². The molecule has 96 valence electrons. The van der Waals surface area contributed by atoms with Gasteiger partial charge in [-0.05, 0) is 35.0 Å². The lowest BCUT2D eigenvalue weighted by Crippen LogP contribution is -2.12. The molecule has 0 saturated carbocycles. The van der Waals surface area contributed by atoms with E-state index in [2.05, 4.69) is 21.0 Å². The Bertz CT molecular complexity index is 591. The molecule has 2 heterocycles. The van der Waals surface area contributed by atoms with Gasteiger partial charge in [-0.25, -0.2) is 4.79 Å². The number of rotatable bonds is 3. The number of thiophene rings is 1. The highest BCUT2D eigenvalue weighted by atomic mass is 79.9. The van der Waals surface area contributed by atoms with Crippen LogP contribution in [0.15, 0.2) is 15.9 Å². The Morgan fingerprint density at radius 2 is 2.33 bits per heavy atom. The van der Waals surface area contributed by atoms with E-state index < -0.39 is 5.97 Å². The molecule has 0 fully saturated rings. The van der Waals surface area contributed by atoms with Gasteiger partial charge < -0.3 is 10.5 Å². The van der Waals surface area contributed by atoms with Crippen molar-refractivity contribution in [1.82, 2.24) is 9.78 Å². The summed E-state index contributed by atoms with van der Waals surface area (Å²) in [7, 11) is 1.67. The lowest BCUT2D eigenvalue weighted by Gasteiger charge is -2.04. The molecular weight excluding hydrogens is 318 g/mol. The van der Waals surface area contributed by atoms with Gasteiger partial charge in [0, 0.05) is 11.9 Å². The average Bonchev–Trinajstić information content (AvgIpc) is 2.82. The van der Waals surface area contributed by atoms with Crippen LogP contribution in [0.1, 0.15) is 21.1 Å². The van der Waals surface area contributed by atoms with Crippen LogP contribution in [-0.2, 0) is 18.4 Å². The molecule has 0 bridgehead atoms. The Morgan fingerprint density at radius 3 is 2.83 bits per heavy atom. The number of nitrogens with zero attached hydrogens (tertiary/aromatic N) is 2. The van der Waals surface area contributed by atoms with Crippen molar-refractivity contribution in [1.29, 1.82) is 0 Å². The minimum absolute atomic E-state index is 0.235. The van der Waals surface area contributed by atoms with Crippen LogP contribution in [-0.4, -0.2) is 15.7 Å². The van der Waals surface area contributed by atoms with Gasteiger partial charge in [0.2, 0.25) is 0 Å². The molecule has 0 aromatic carbocycles. The summed E-state index contributed by atoms with van der Waals surface area (Å²) in [6, 6.07) is 3.82. The van der Waals surface area contributed by atoms with Crippen LogP contribution >= 0.6 is 27.3 Å². The fourth-order valence-electron chi connectivity index (χ4n) is 1.55. The summed E-state index contributed by atoms with van der Waals surface area (Å²) in [6.07, 6.45) is 0. The molecule has 0 radical (unpaired) electrons. The summed E-state index contributed by atoms with van der Waals surface area (Å²) in [5, 5.41) is 4.08. The maximum Gasteiger partial charge on any atom is 0.359 e. The second-order valence-corrected chi connectivity index (χ2v) is 6.30. The third-order valence-electron chi connectivity index (χ3n) is 2.44. The number of halogens is 1. The smallest absolute Gasteiger partial charge is 0.359 e. The summed E-state index contributed by atoms with van der Waals surface area (Å²) < 4.78 is 7.66. The van der Waals surface area contributed by atoms with Crippen molar-refractivity contribution >= 4 is 38.9 Å². The van der Waals surface area contributed by atoms with Crippen molar-refractivity contribution in [2.75, 3.05) is 5.73 Å². The lowest BCUT2D eigenvalue weighted by atomic mass is 10.3. The molecule has 2 aromatic rings. The highest BCUT2D eigenvalue weighted by molar-refractivity contribution is 9.11. The number of aryl methyl sites for hydroxylation is 2. The zero-order valence-electron chi connectivity index (χ0n) is 9.94. The van der Waals surface area contributed by atoms with Crippen molar-refractivity contribution in [3.05, 3.63) is 32.2 Å².